The summed E-state index contributed by atoms with van der Waals surface area (Å²) in [5.74, 6) is -1.94. The van der Waals surface area contributed by atoms with Crippen molar-refractivity contribution in [2.24, 2.45) is 0 Å². The molecular weight excluding hydrogens is 480 g/mol. The minimum absolute atomic E-state index is 0.276. The van der Waals surface area contributed by atoms with Gasteiger partial charge in [-0.2, -0.15) is 0 Å². The lowest BCUT2D eigenvalue weighted by Gasteiger charge is -2.15. The number of rotatable bonds is 26. The fourth-order valence-corrected chi connectivity index (χ4v) is 4.68. The first kappa shape index (κ1) is 33.8. The zero-order valence-electron chi connectivity index (χ0n) is 24.2. The molecule has 1 aromatic rings. The SMILES string of the molecule is CCCCCCCCCCCCOc1cc(C(=O)O)c(C(=O)O)cc1OCCCCCCCCCCCC. The molecule has 218 valence electrons. The highest BCUT2D eigenvalue weighted by Gasteiger charge is 2.21. The monoisotopic (exact) mass is 534 g/mol. The molecule has 0 fully saturated rings. The van der Waals surface area contributed by atoms with Crippen LogP contribution in [0.2, 0.25) is 0 Å². The number of aromatic carboxylic acids is 2. The van der Waals surface area contributed by atoms with Crippen LogP contribution in [0.5, 0.6) is 11.5 Å². The summed E-state index contributed by atoms with van der Waals surface area (Å²) >= 11 is 0. The molecule has 0 aliphatic carbocycles. The van der Waals surface area contributed by atoms with Crippen molar-refractivity contribution in [2.75, 3.05) is 13.2 Å². The molecule has 2 N–H and O–H groups in total. The molecule has 38 heavy (non-hydrogen) atoms. The van der Waals surface area contributed by atoms with E-state index in [2.05, 4.69) is 13.8 Å². The van der Waals surface area contributed by atoms with E-state index in [9.17, 15) is 19.8 Å². The Morgan fingerprint density at radius 2 is 0.763 bits per heavy atom. The van der Waals surface area contributed by atoms with Gasteiger partial charge in [-0.3, -0.25) is 0 Å². The third-order valence-corrected chi connectivity index (χ3v) is 7.06. The first-order chi connectivity index (χ1) is 18.5. The number of carbonyl (C=O) groups is 2. The Labute approximate surface area is 231 Å². The van der Waals surface area contributed by atoms with Gasteiger partial charge in [0, 0.05) is 0 Å². The number of hydrogen-bond acceptors (Lipinski definition) is 4. The summed E-state index contributed by atoms with van der Waals surface area (Å²) in [4.78, 5) is 23.3. The van der Waals surface area contributed by atoms with E-state index in [4.69, 9.17) is 9.47 Å². The van der Waals surface area contributed by atoms with Gasteiger partial charge in [0.05, 0.1) is 24.3 Å². The molecule has 0 unspecified atom stereocenters. The fraction of sp³-hybridized carbons (Fsp3) is 0.750. The van der Waals surface area contributed by atoms with Gasteiger partial charge in [-0.1, -0.05) is 129 Å². The summed E-state index contributed by atoms with van der Waals surface area (Å²) in [7, 11) is 0. The number of carboxylic acid groups (broad SMARTS) is 2. The van der Waals surface area contributed by atoms with Gasteiger partial charge in [0.15, 0.2) is 11.5 Å². The second kappa shape index (κ2) is 22.7. The van der Waals surface area contributed by atoms with E-state index in [0.29, 0.717) is 24.7 Å². The summed E-state index contributed by atoms with van der Waals surface area (Å²) in [5.41, 5.74) is -0.552. The molecule has 1 rings (SSSR count). The van der Waals surface area contributed by atoms with Crippen molar-refractivity contribution < 1.29 is 29.3 Å². The molecule has 0 aliphatic rings. The lowest BCUT2D eigenvalue weighted by Crippen LogP contribution is -2.11. The van der Waals surface area contributed by atoms with Gasteiger partial charge in [0.25, 0.3) is 0 Å². The molecule has 0 aromatic heterocycles. The number of ether oxygens (including phenoxy) is 2. The second-order valence-electron chi connectivity index (χ2n) is 10.5. The van der Waals surface area contributed by atoms with Crippen molar-refractivity contribution in [3.05, 3.63) is 23.3 Å². The summed E-state index contributed by atoms with van der Waals surface area (Å²) in [6.45, 7) is 5.38. The Kier molecular flexibility index (Phi) is 20.2. The van der Waals surface area contributed by atoms with Crippen molar-refractivity contribution in [1.82, 2.24) is 0 Å². The molecule has 6 nitrogen and oxygen atoms in total. The maximum Gasteiger partial charge on any atom is 0.336 e. The largest absolute Gasteiger partial charge is 0.490 e. The van der Waals surface area contributed by atoms with Crippen molar-refractivity contribution in [3.8, 4) is 11.5 Å². The Morgan fingerprint density at radius 1 is 0.500 bits per heavy atom. The van der Waals surface area contributed by atoms with E-state index in [-0.39, 0.29) is 11.1 Å². The molecular formula is C32H54O6. The van der Waals surface area contributed by atoms with Gasteiger partial charge >= 0.3 is 11.9 Å². The first-order valence-corrected chi connectivity index (χ1v) is 15.4. The van der Waals surface area contributed by atoms with Gasteiger partial charge in [0.2, 0.25) is 0 Å². The smallest absolute Gasteiger partial charge is 0.336 e. The maximum atomic E-state index is 11.6. The molecule has 6 heteroatoms. The quantitative estimate of drug-likeness (QED) is 0.115. The normalized spacial score (nSPS) is 11.0. The summed E-state index contributed by atoms with van der Waals surface area (Å²) in [6, 6.07) is 2.60. The highest BCUT2D eigenvalue weighted by Crippen LogP contribution is 2.32. The van der Waals surface area contributed by atoms with E-state index < -0.39 is 11.9 Å². The van der Waals surface area contributed by atoms with E-state index >= 15 is 0 Å². The third-order valence-electron chi connectivity index (χ3n) is 7.06. The highest BCUT2D eigenvalue weighted by atomic mass is 16.5. The first-order valence-electron chi connectivity index (χ1n) is 15.4. The molecule has 0 aliphatic heterocycles. The van der Waals surface area contributed by atoms with Gasteiger partial charge in [-0.25, -0.2) is 9.59 Å². The van der Waals surface area contributed by atoms with Crippen LogP contribution in [0, 0.1) is 0 Å². The van der Waals surface area contributed by atoms with Crippen molar-refractivity contribution in [1.29, 1.82) is 0 Å². The molecule has 1 aromatic carbocycles. The van der Waals surface area contributed by atoms with Crippen LogP contribution >= 0.6 is 0 Å². The zero-order chi connectivity index (χ0) is 27.8. The van der Waals surface area contributed by atoms with Crippen molar-refractivity contribution in [2.45, 2.75) is 142 Å². The van der Waals surface area contributed by atoms with Crippen LogP contribution in [0.25, 0.3) is 0 Å². The lowest BCUT2D eigenvalue weighted by molar-refractivity contribution is 0.0650. The van der Waals surface area contributed by atoms with E-state index in [0.717, 1.165) is 38.5 Å². The van der Waals surface area contributed by atoms with Gasteiger partial charge < -0.3 is 19.7 Å². The fourth-order valence-electron chi connectivity index (χ4n) is 4.68. The Morgan fingerprint density at radius 3 is 1.03 bits per heavy atom. The van der Waals surface area contributed by atoms with Crippen molar-refractivity contribution >= 4 is 11.9 Å². The molecule has 0 heterocycles. The molecule has 0 bridgehead atoms. The van der Waals surface area contributed by atoms with Crippen LogP contribution in [0.3, 0.4) is 0 Å². The topological polar surface area (TPSA) is 93.1 Å². The van der Waals surface area contributed by atoms with Crippen LogP contribution in [-0.2, 0) is 0 Å². The number of carboxylic acids is 2. The third kappa shape index (κ3) is 15.9. The summed E-state index contributed by atoms with van der Waals surface area (Å²) < 4.78 is 11.8. The average molecular weight is 535 g/mol. The zero-order valence-corrected chi connectivity index (χ0v) is 24.2. The minimum atomic E-state index is -1.28. The van der Waals surface area contributed by atoms with Crippen LogP contribution < -0.4 is 9.47 Å². The predicted molar refractivity (Wildman–Crippen MR) is 155 cm³/mol. The van der Waals surface area contributed by atoms with E-state index in [1.807, 2.05) is 0 Å². The van der Waals surface area contributed by atoms with E-state index in [1.54, 1.807) is 0 Å². The molecule has 0 radical (unpaired) electrons. The van der Waals surface area contributed by atoms with Crippen LogP contribution in [0.1, 0.15) is 163 Å². The minimum Gasteiger partial charge on any atom is -0.490 e. The standard InChI is InChI=1S/C32H54O6/c1-3-5-7-9-11-13-15-17-19-21-23-37-29-25-27(31(33)34)28(32(35)36)26-30(29)38-24-22-20-18-16-14-12-10-8-6-4-2/h25-26H,3-24H2,1-2H3,(H,33,34)(H,35,36). The van der Waals surface area contributed by atoms with Crippen LogP contribution in [0.15, 0.2) is 12.1 Å². The van der Waals surface area contributed by atoms with Crippen LogP contribution in [-0.4, -0.2) is 35.4 Å². The maximum absolute atomic E-state index is 11.6. The number of hydrogen-bond donors (Lipinski definition) is 2. The summed E-state index contributed by atoms with van der Waals surface area (Å²) in [6.07, 6.45) is 24.4. The molecule has 0 spiro atoms. The molecule has 0 saturated carbocycles. The average Bonchev–Trinajstić information content (AvgIpc) is 2.90. The number of unbranched alkanes of at least 4 members (excludes halogenated alkanes) is 18. The number of benzene rings is 1. The summed E-state index contributed by atoms with van der Waals surface area (Å²) in [5, 5.41) is 19.0. The second-order valence-corrected chi connectivity index (χ2v) is 10.5. The molecule has 0 saturated heterocycles. The van der Waals surface area contributed by atoms with E-state index in [1.165, 1.54) is 102 Å². The molecule has 0 atom stereocenters. The van der Waals surface area contributed by atoms with Crippen molar-refractivity contribution in [3.63, 3.8) is 0 Å². The van der Waals surface area contributed by atoms with Gasteiger partial charge in [-0.05, 0) is 25.0 Å². The Hall–Kier alpha value is -2.24. The van der Waals surface area contributed by atoms with Gasteiger partial charge in [-0.15, -0.1) is 0 Å². The highest BCUT2D eigenvalue weighted by molar-refractivity contribution is 6.02. The van der Waals surface area contributed by atoms with Gasteiger partial charge in [0.1, 0.15) is 0 Å². The Balaban J connectivity index is 2.45. The Bertz CT molecular complexity index is 698. The van der Waals surface area contributed by atoms with Crippen LogP contribution in [0.4, 0.5) is 0 Å². The predicted octanol–water partition coefficient (Wildman–Crippen LogP) is 9.68. The molecule has 0 amide bonds. The lowest BCUT2D eigenvalue weighted by atomic mass is 10.1.